The van der Waals surface area contributed by atoms with Crippen LogP contribution in [0.4, 0.5) is 0 Å². The molecule has 5 heteroatoms. The van der Waals surface area contributed by atoms with Crippen molar-refractivity contribution in [2.75, 3.05) is 20.1 Å². The van der Waals surface area contributed by atoms with E-state index in [-0.39, 0.29) is 25.0 Å². The lowest BCUT2D eigenvalue weighted by Gasteiger charge is -2.26. The zero-order chi connectivity index (χ0) is 15.8. The Hall–Kier alpha value is -1.88. The van der Waals surface area contributed by atoms with Crippen molar-refractivity contribution in [1.29, 1.82) is 0 Å². The second kappa shape index (κ2) is 8.42. The number of hydrogen-bond acceptors (Lipinski definition) is 3. The van der Waals surface area contributed by atoms with E-state index >= 15 is 0 Å². The number of rotatable bonds is 8. The van der Waals surface area contributed by atoms with Crippen LogP contribution in [0.5, 0.6) is 0 Å². The van der Waals surface area contributed by atoms with Crippen molar-refractivity contribution < 1.29 is 14.7 Å². The van der Waals surface area contributed by atoms with Crippen LogP contribution in [0.15, 0.2) is 24.3 Å². The Bertz CT molecular complexity index is 471. The molecular weight excluding hydrogens is 268 g/mol. The summed E-state index contributed by atoms with van der Waals surface area (Å²) in [5, 5.41) is 10.9. The van der Waals surface area contributed by atoms with Gasteiger partial charge in [-0.2, -0.15) is 0 Å². The van der Waals surface area contributed by atoms with Crippen LogP contribution in [-0.2, 0) is 16.0 Å². The van der Waals surface area contributed by atoms with E-state index in [1.54, 1.807) is 0 Å². The zero-order valence-corrected chi connectivity index (χ0v) is 12.9. The first-order chi connectivity index (χ1) is 9.92. The summed E-state index contributed by atoms with van der Waals surface area (Å²) >= 11 is 0. The molecule has 0 radical (unpaired) electrons. The Morgan fingerprint density at radius 2 is 1.90 bits per heavy atom. The minimum absolute atomic E-state index is 0.206. The molecule has 0 aliphatic rings. The molecule has 0 aliphatic carbocycles. The number of carbonyl (C=O) groups is 2. The minimum Gasteiger partial charge on any atom is -0.480 e. The van der Waals surface area contributed by atoms with E-state index in [0.717, 1.165) is 12.8 Å². The largest absolute Gasteiger partial charge is 0.480 e. The molecule has 0 heterocycles. The topological polar surface area (TPSA) is 69.6 Å². The predicted octanol–water partition coefficient (Wildman–Crippen LogP) is 1.45. The van der Waals surface area contributed by atoms with Gasteiger partial charge >= 0.3 is 5.97 Å². The van der Waals surface area contributed by atoms with Gasteiger partial charge in [-0.3, -0.25) is 14.5 Å². The standard InChI is InChI=1S/C16H24N2O3/c1-4-14(9-13-7-5-12(2)6-8-13)18(3)11-15(19)17-10-16(20)21/h5-8,14H,4,9-11H2,1-3H3,(H,17,19)(H,20,21). The van der Waals surface area contributed by atoms with Gasteiger partial charge in [0.25, 0.3) is 0 Å². The summed E-state index contributed by atoms with van der Waals surface area (Å²) in [5.41, 5.74) is 2.47. The third kappa shape index (κ3) is 6.40. The molecule has 1 aromatic carbocycles. The number of carbonyl (C=O) groups excluding carboxylic acids is 1. The average molecular weight is 292 g/mol. The van der Waals surface area contributed by atoms with Crippen molar-refractivity contribution in [2.45, 2.75) is 32.7 Å². The Kier molecular flexibility index (Phi) is 6.88. The van der Waals surface area contributed by atoms with E-state index in [1.165, 1.54) is 11.1 Å². The lowest BCUT2D eigenvalue weighted by atomic mass is 10.0. The molecule has 116 valence electrons. The molecule has 1 atom stereocenters. The van der Waals surface area contributed by atoms with Crippen molar-refractivity contribution in [3.05, 3.63) is 35.4 Å². The number of nitrogens with one attached hydrogen (secondary N) is 1. The van der Waals surface area contributed by atoms with Crippen LogP contribution in [0.2, 0.25) is 0 Å². The molecule has 0 saturated carbocycles. The maximum atomic E-state index is 11.7. The van der Waals surface area contributed by atoms with E-state index in [0.29, 0.717) is 0 Å². The van der Waals surface area contributed by atoms with Gasteiger partial charge in [-0.15, -0.1) is 0 Å². The summed E-state index contributed by atoms with van der Waals surface area (Å²) in [7, 11) is 1.89. The fourth-order valence-electron chi connectivity index (χ4n) is 2.19. The molecule has 1 amide bonds. The van der Waals surface area contributed by atoms with Gasteiger partial charge in [0.15, 0.2) is 0 Å². The van der Waals surface area contributed by atoms with Crippen LogP contribution >= 0.6 is 0 Å². The molecule has 0 aliphatic heterocycles. The third-order valence-corrected chi connectivity index (χ3v) is 3.52. The number of aliphatic carboxylic acids is 1. The smallest absolute Gasteiger partial charge is 0.322 e. The van der Waals surface area contributed by atoms with E-state index in [1.807, 2.05) is 11.9 Å². The minimum atomic E-state index is -1.03. The Labute approximate surface area is 126 Å². The summed E-state index contributed by atoms with van der Waals surface area (Å²) in [6, 6.07) is 8.64. The van der Waals surface area contributed by atoms with Crippen molar-refractivity contribution in [3.63, 3.8) is 0 Å². The second-order valence-corrected chi connectivity index (χ2v) is 5.34. The second-order valence-electron chi connectivity index (χ2n) is 5.34. The van der Waals surface area contributed by atoms with Gasteiger partial charge in [0.05, 0.1) is 6.54 Å². The van der Waals surface area contributed by atoms with E-state index in [4.69, 9.17) is 5.11 Å². The highest BCUT2D eigenvalue weighted by Gasteiger charge is 2.16. The molecule has 1 aromatic rings. The number of carboxylic acid groups (broad SMARTS) is 1. The van der Waals surface area contributed by atoms with Crippen molar-refractivity contribution in [1.82, 2.24) is 10.2 Å². The first kappa shape index (κ1) is 17.2. The molecule has 0 saturated heterocycles. The quantitative estimate of drug-likeness (QED) is 0.761. The Balaban J connectivity index is 2.52. The molecule has 1 rings (SSSR count). The van der Waals surface area contributed by atoms with Crippen LogP contribution < -0.4 is 5.32 Å². The highest BCUT2D eigenvalue weighted by atomic mass is 16.4. The molecule has 0 bridgehead atoms. The van der Waals surface area contributed by atoms with Crippen molar-refractivity contribution >= 4 is 11.9 Å². The van der Waals surface area contributed by atoms with Gasteiger partial charge in [-0.05, 0) is 32.4 Å². The van der Waals surface area contributed by atoms with Crippen LogP contribution in [0.1, 0.15) is 24.5 Å². The van der Waals surface area contributed by atoms with Crippen LogP contribution in [0, 0.1) is 6.92 Å². The van der Waals surface area contributed by atoms with Gasteiger partial charge in [-0.1, -0.05) is 36.8 Å². The lowest BCUT2D eigenvalue weighted by molar-refractivity contribution is -0.138. The SMILES string of the molecule is CCC(Cc1ccc(C)cc1)N(C)CC(=O)NCC(=O)O. The van der Waals surface area contributed by atoms with E-state index in [9.17, 15) is 9.59 Å². The number of amides is 1. The molecule has 0 fully saturated rings. The number of aryl methyl sites for hydroxylation is 1. The van der Waals surface area contributed by atoms with Gasteiger partial charge in [0, 0.05) is 6.04 Å². The summed E-state index contributed by atoms with van der Waals surface area (Å²) < 4.78 is 0. The van der Waals surface area contributed by atoms with Crippen LogP contribution in [-0.4, -0.2) is 48.1 Å². The van der Waals surface area contributed by atoms with Gasteiger partial charge < -0.3 is 10.4 Å². The highest BCUT2D eigenvalue weighted by Crippen LogP contribution is 2.11. The molecule has 0 aromatic heterocycles. The van der Waals surface area contributed by atoms with E-state index < -0.39 is 5.97 Å². The van der Waals surface area contributed by atoms with Crippen LogP contribution in [0.25, 0.3) is 0 Å². The van der Waals surface area contributed by atoms with Crippen molar-refractivity contribution in [2.24, 2.45) is 0 Å². The summed E-state index contributed by atoms with van der Waals surface area (Å²) in [4.78, 5) is 24.0. The zero-order valence-electron chi connectivity index (χ0n) is 12.9. The fraction of sp³-hybridized carbons (Fsp3) is 0.500. The van der Waals surface area contributed by atoms with Gasteiger partial charge in [0.1, 0.15) is 6.54 Å². The normalized spacial score (nSPS) is 12.2. The molecule has 2 N–H and O–H groups in total. The van der Waals surface area contributed by atoms with E-state index in [2.05, 4.69) is 43.4 Å². The number of hydrogen-bond donors (Lipinski definition) is 2. The molecule has 21 heavy (non-hydrogen) atoms. The first-order valence-corrected chi connectivity index (χ1v) is 7.16. The number of benzene rings is 1. The van der Waals surface area contributed by atoms with Crippen LogP contribution in [0.3, 0.4) is 0 Å². The number of nitrogens with zero attached hydrogens (tertiary/aromatic N) is 1. The third-order valence-electron chi connectivity index (χ3n) is 3.52. The van der Waals surface area contributed by atoms with Gasteiger partial charge in [-0.25, -0.2) is 0 Å². The summed E-state index contributed by atoms with van der Waals surface area (Å²) in [5.74, 6) is -1.29. The maximum Gasteiger partial charge on any atom is 0.322 e. The maximum absolute atomic E-state index is 11.7. The molecular formula is C16H24N2O3. The fourth-order valence-corrected chi connectivity index (χ4v) is 2.19. The van der Waals surface area contributed by atoms with Gasteiger partial charge in [0.2, 0.25) is 5.91 Å². The molecule has 1 unspecified atom stereocenters. The molecule has 0 spiro atoms. The highest BCUT2D eigenvalue weighted by molar-refractivity contribution is 5.82. The number of likely N-dealkylation sites (N-methyl/N-ethyl adjacent to an activating group) is 1. The average Bonchev–Trinajstić information content (AvgIpc) is 2.44. The summed E-state index contributed by atoms with van der Waals surface area (Å²) in [6.45, 7) is 4.02. The lowest BCUT2D eigenvalue weighted by Crippen LogP contribution is -2.42. The molecule has 5 nitrogen and oxygen atoms in total. The first-order valence-electron chi connectivity index (χ1n) is 7.16. The predicted molar refractivity (Wildman–Crippen MR) is 82.2 cm³/mol. The van der Waals surface area contributed by atoms with Crippen molar-refractivity contribution in [3.8, 4) is 0 Å². The Morgan fingerprint density at radius 3 is 2.43 bits per heavy atom. The monoisotopic (exact) mass is 292 g/mol. The Morgan fingerprint density at radius 1 is 1.29 bits per heavy atom. The number of carboxylic acids is 1. The summed E-state index contributed by atoms with van der Waals surface area (Å²) in [6.07, 6.45) is 1.80.